The van der Waals surface area contributed by atoms with E-state index in [1.165, 1.54) is 5.56 Å². The lowest BCUT2D eigenvalue weighted by Crippen LogP contribution is -2.03. The highest BCUT2D eigenvalue weighted by Crippen LogP contribution is 2.24. The van der Waals surface area contributed by atoms with E-state index >= 15 is 0 Å². The molecule has 104 valence electrons. The molecule has 0 unspecified atom stereocenters. The Morgan fingerprint density at radius 1 is 1.10 bits per heavy atom. The molecule has 3 heteroatoms. The fourth-order valence-electron chi connectivity index (χ4n) is 1.86. The Balaban J connectivity index is 1.98. The van der Waals surface area contributed by atoms with Crippen molar-refractivity contribution in [1.29, 1.82) is 0 Å². The number of Topliss-reactive ketones (excluding diaryl/α,β-unsaturated/α-hetero) is 1. The maximum absolute atomic E-state index is 12.2. The van der Waals surface area contributed by atoms with Gasteiger partial charge in [0.05, 0.1) is 5.75 Å². The number of carbonyl (C=O) groups excluding carboxylic acids is 1. The molecule has 0 spiro atoms. The summed E-state index contributed by atoms with van der Waals surface area (Å²) in [5.41, 5.74) is 2.07. The van der Waals surface area contributed by atoms with Gasteiger partial charge in [0, 0.05) is 14.9 Å². The van der Waals surface area contributed by atoms with E-state index < -0.39 is 0 Å². The molecule has 0 N–H and O–H groups in total. The van der Waals surface area contributed by atoms with E-state index in [0.29, 0.717) is 11.7 Å². The van der Waals surface area contributed by atoms with Crippen LogP contribution in [0.5, 0.6) is 0 Å². The van der Waals surface area contributed by atoms with Crippen molar-refractivity contribution in [3.05, 3.63) is 64.1 Å². The zero-order valence-electron chi connectivity index (χ0n) is 11.6. The minimum absolute atomic E-state index is 0.149. The minimum atomic E-state index is 0.149. The average Bonchev–Trinajstić information content (AvgIpc) is 2.45. The highest BCUT2D eigenvalue weighted by atomic mass is 79.9. The number of hydrogen-bond acceptors (Lipinski definition) is 2. The standard InChI is InChI=1S/C17H17BrOS/c1-12(2)13-7-9-14(10-8-13)20-11-17(19)15-5-3-4-6-16(15)18/h3-10,12H,11H2,1-2H3. The first kappa shape index (κ1) is 15.3. The molecule has 0 aliphatic carbocycles. The van der Waals surface area contributed by atoms with Crippen LogP contribution in [0.25, 0.3) is 0 Å². The van der Waals surface area contributed by atoms with Gasteiger partial charge < -0.3 is 0 Å². The van der Waals surface area contributed by atoms with Gasteiger partial charge in [-0.3, -0.25) is 4.79 Å². The van der Waals surface area contributed by atoms with Crippen LogP contribution >= 0.6 is 27.7 Å². The summed E-state index contributed by atoms with van der Waals surface area (Å²) >= 11 is 5.00. The Morgan fingerprint density at radius 3 is 2.35 bits per heavy atom. The first-order valence-corrected chi connectivity index (χ1v) is 8.36. The molecule has 0 heterocycles. The van der Waals surface area contributed by atoms with Gasteiger partial charge in [-0.25, -0.2) is 0 Å². The monoisotopic (exact) mass is 348 g/mol. The van der Waals surface area contributed by atoms with Crippen LogP contribution in [0, 0.1) is 0 Å². The van der Waals surface area contributed by atoms with Crippen LogP contribution in [0.2, 0.25) is 0 Å². The quantitative estimate of drug-likeness (QED) is 0.520. The van der Waals surface area contributed by atoms with Crippen molar-refractivity contribution >= 4 is 33.5 Å². The lowest BCUT2D eigenvalue weighted by atomic mass is 10.0. The normalized spacial score (nSPS) is 10.8. The zero-order valence-corrected chi connectivity index (χ0v) is 14.0. The van der Waals surface area contributed by atoms with Crippen LogP contribution in [-0.2, 0) is 0 Å². The molecule has 0 aromatic heterocycles. The molecule has 0 amide bonds. The average molecular weight is 349 g/mol. The van der Waals surface area contributed by atoms with Crippen molar-refractivity contribution in [1.82, 2.24) is 0 Å². The number of benzene rings is 2. The molecule has 0 atom stereocenters. The van der Waals surface area contributed by atoms with Gasteiger partial charge in [-0.05, 0) is 29.7 Å². The van der Waals surface area contributed by atoms with Crippen LogP contribution in [0.4, 0.5) is 0 Å². The number of rotatable bonds is 5. The van der Waals surface area contributed by atoms with Gasteiger partial charge in [-0.1, -0.05) is 60.1 Å². The van der Waals surface area contributed by atoms with E-state index in [1.54, 1.807) is 11.8 Å². The molecule has 0 aliphatic heterocycles. The summed E-state index contributed by atoms with van der Waals surface area (Å²) in [6, 6.07) is 16.0. The maximum atomic E-state index is 12.2. The van der Waals surface area contributed by atoms with Crippen molar-refractivity contribution in [2.45, 2.75) is 24.7 Å². The molecule has 2 rings (SSSR count). The molecule has 0 saturated carbocycles. The Kier molecular flexibility index (Phi) is 5.44. The van der Waals surface area contributed by atoms with Gasteiger partial charge >= 0.3 is 0 Å². The SMILES string of the molecule is CC(C)c1ccc(SCC(=O)c2ccccc2Br)cc1. The van der Waals surface area contributed by atoms with E-state index in [0.717, 1.165) is 14.9 Å². The van der Waals surface area contributed by atoms with Crippen molar-refractivity contribution < 1.29 is 4.79 Å². The lowest BCUT2D eigenvalue weighted by molar-refractivity contribution is 0.102. The number of ketones is 1. The first-order valence-electron chi connectivity index (χ1n) is 6.58. The molecule has 0 aliphatic rings. The second-order valence-electron chi connectivity index (χ2n) is 4.92. The van der Waals surface area contributed by atoms with Gasteiger partial charge in [-0.2, -0.15) is 0 Å². The molecule has 20 heavy (non-hydrogen) atoms. The van der Waals surface area contributed by atoms with Crippen LogP contribution in [0.15, 0.2) is 57.9 Å². The van der Waals surface area contributed by atoms with Crippen molar-refractivity contribution in [2.75, 3.05) is 5.75 Å². The van der Waals surface area contributed by atoms with Gasteiger partial charge in [0.15, 0.2) is 5.78 Å². The number of carbonyl (C=O) groups is 1. The highest BCUT2D eigenvalue weighted by molar-refractivity contribution is 9.10. The largest absolute Gasteiger partial charge is 0.293 e. The van der Waals surface area contributed by atoms with Crippen molar-refractivity contribution in [2.24, 2.45) is 0 Å². The summed E-state index contributed by atoms with van der Waals surface area (Å²) in [6.45, 7) is 4.36. The lowest BCUT2D eigenvalue weighted by Gasteiger charge is -2.07. The first-order chi connectivity index (χ1) is 9.58. The Hall–Kier alpha value is -1.06. The highest BCUT2D eigenvalue weighted by Gasteiger charge is 2.09. The predicted molar refractivity (Wildman–Crippen MR) is 89.7 cm³/mol. The summed E-state index contributed by atoms with van der Waals surface area (Å²) in [7, 11) is 0. The third-order valence-electron chi connectivity index (χ3n) is 3.09. The molecule has 0 bridgehead atoms. The number of thioether (sulfide) groups is 1. The summed E-state index contributed by atoms with van der Waals surface area (Å²) < 4.78 is 0.862. The fourth-order valence-corrected chi connectivity index (χ4v) is 3.15. The number of hydrogen-bond donors (Lipinski definition) is 0. The van der Waals surface area contributed by atoms with Gasteiger partial charge in [0.25, 0.3) is 0 Å². The smallest absolute Gasteiger partial charge is 0.174 e. The van der Waals surface area contributed by atoms with Crippen molar-refractivity contribution in [3.8, 4) is 0 Å². The van der Waals surface area contributed by atoms with E-state index in [4.69, 9.17) is 0 Å². The Labute approximate surface area is 132 Å². The summed E-state index contributed by atoms with van der Waals surface area (Å²) in [4.78, 5) is 13.3. The molecule has 0 radical (unpaired) electrons. The van der Waals surface area contributed by atoms with Crippen LogP contribution in [0.3, 0.4) is 0 Å². The minimum Gasteiger partial charge on any atom is -0.293 e. The molecule has 2 aromatic carbocycles. The van der Waals surface area contributed by atoms with Crippen LogP contribution < -0.4 is 0 Å². The summed E-state index contributed by atoms with van der Waals surface area (Å²) in [6.07, 6.45) is 0. The number of halogens is 1. The third kappa shape index (κ3) is 3.97. The van der Waals surface area contributed by atoms with Gasteiger partial charge in [0.1, 0.15) is 0 Å². The van der Waals surface area contributed by atoms with Crippen LogP contribution in [0.1, 0.15) is 35.7 Å². The maximum Gasteiger partial charge on any atom is 0.174 e. The predicted octanol–water partition coefficient (Wildman–Crippen LogP) is 5.55. The van der Waals surface area contributed by atoms with E-state index in [-0.39, 0.29) is 5.78 Å². The Bertz CT molecular complexity index is 590. The van der Waals surface area contributed by atoms with E-state index in [9.17, 15) is 4.79 Å². The second-order valence-corrected chi connectivity index (χ2v) is 6.82. The molecule has 2 aromatic rings. The van der Waals surface area contributed by atoms with Gasteiger partial charge in [-0.15, -0.1) is 11.8 Å². The van der Waals surface area contributed by atoms with Gasteiger partial charge in [0.2, 0.25) is 0 Å². The second kappa shape index (κ2) is 7.09. The van der Waals surface area contributed by atoms with Crippen LogP contribution in [-0.4, -0.2) is 11.5 Å². The molecular weight excluding hydrogens is 332 g/mol. The molecule has 0 fully saturated rings. The fraction of sp³-hybridized carbons (Fsp3) is 0.235. The Morgan fingerprint density at radius 2 is 1.75 bits per heavy atom. The zero-order chi connectivity index (χ0) is 14.5. The van der Waals surface area contributed by atoms with E-state index in [2.05, 4.69) is 54.0 Å². The third-order valence-corrected chi connectivity index (χ3v) is 4.79. The van der Waals surface area contributed by atoms with E-state index in [1.807, 2.05) is 24.3 Å². The summed E-state index contributed by atoms with van der Waals surface area (Å²) in [5, 5.41) is 0. The van der Waals surface area contributed by atoms with Crippen molar-refractivity contribution in [3.63, 3.8) is 0 Å². The topological polar surface area (TPSA) is 17.1 Å². The molecular formula is C17H17BrOS. The summed E-state index contributed by atoms with van der Waals surface area (Å²) in [5.74, 6) is 1.15. The molecule has 1 nitrogen and oxygen atoms in total. The molecule has 0 saturated heterocycles.